The smallest absolute Gasteiger partial charge is 0.245 e. The van der Waals surface area contributed by atoms with Gasteiger partial charge in [0.05, 0.1) is 0 Å². The molecule has 6 atom stereocenters. The Hall–Kier alpha value is -3.78. The lowest BCUT2D eigenvalue weighted by molar-refractivity contribution is -0.137. The largest absolute Gasteiger partial charge is 0.350 e. The van der Waals surface area contributed by atoms with Crippen LogP contribution in [-0.4, -0.2) is 50.6 Å². The van der Waals surface area contributed by atoms with Gasteiger partial charge in [-0.3, -0.25) is 14.4 Å². The SMILES string of the molecule is CC1C[C@H](NC(=O)C2CCCC2C(=O)c2ccc(CNc3ncccn3)cc2)C(=O)N1[C@@H]1CCCCC1c1cccc(Cl)c1. The predicted molar refractivity (Wildman–Crippen MR) is 170 cm³/mol. The van der Waals surface area contributed by atoms with Crippen molar-refractivity contribution in [2.24, 2.45) is 11.8 Å². The van der Waals surface area contributed by atoms with E-state index < -0.39 is 12.0 Å². The first kappa shape index (κ1) is 30.3. The fourth-order valence-electron chi connectivity index (χ4n) is 7.57. The van der Waals surface area contributed by atoms with Crippen molar-refractivity contribution in [3.05, 3.63) is 88.7 Å². The minimum Gasteiger partial charge on any atom is -0.350 e. The van der Waals surface area contributed by atoms with Gasteiger partial charge in [-0.1, -0.05) is 67.3 Å². The fraction of sp³-hybridized carbons (Fsp3) is 0.457. The lowest BCUT2D eigenvalue weighted by Gasteiger charge is -2.40. The summed E-state index contributed by atoms with van der Waals surface area (Å²) in [5.74, 6) is -0.215. The predicted octanol–water partition coefficient (Wildman–Crippen LogP) is 6.17. The Balaban J connectivity index is 1.08. The average Bonchev–Trinajstić information content (AvgIpc) is 3.64. The van der Waals surface area contributed by atoms with E-state index in [1.165, 1.54) is 5.56 Å². The number of rotatable bonds is 9. The van der Waals surface area contributed by atoms with Gasteiger partial charge in [-0.05, 0) is 68.4 Å². The number of anilines is 1. The molecule has 2 heterocycles. The number of hydrogen-bond donors (Lipinski definition) is 2. The third kappa shape index (κ3) is 6.50. The second kappa shape index (κ2) is 13.5. The number of likely N-dealkylation sites (tertiary alicyclic amines) is 1. The molecule has 0 bridgehead atoms. The average molecular weight is 614 g/mol. The molecule has 230 valence electrons. The first-order chi connectivity index (χ1) is 21.4. The topological polar surface area (TPSA) is 104 Å². The number of halogens is 1. The number of ketones is 1. The van der Waals surface area contributed by atoms with E-state index in [4.69, 9.17) is 11.6 Å². The molecule has 8 nitrogen and oxygen atoms in total. The van der Waals surface area contributed by atoms with Crippen LogP contribution in [0.25, 0.3) is 0 Å². The van der Waals surface area contributed by atoms with Crippen molar-refractivity contribution in [1.82, 2.24) is 20.2 Å². The Morgan fingerprint density at radius 1 is 0.932 bits per heavy atom. The van der Waals surface area contributed by atoms with Crippen molar-refractivity contribution in [2.75, 3.05) is 5.32 Å². The van der Waals surface area contributed by atoms with E-state index in [2.05, 4.69) is 33.6 Å². The maximum atomic E-state index is 13.8. The Kier molecular flexibility index (Phi) is 9.26. The fourth-order valence-corrected chi connectivity index (χ4v) is 7.77. The number of Topliss-reactive ketones (excluding diaryl/α,β-unsaturated/α-hetero) is 1. The van der Waals surface area contributed by atoms with E-state index in [-0.39, 0.29) is 41.5 Å². The van der Waals surface area contributed by atoms with Gasteiger partial charge < -0.3 is 15.5 Å². The zero-order valence-electron chi connectivity index (χ0n) is 25.1. The van der Waals surface area contributed by atoms with Crippen LogP contribution in [-0.2, 0) is 16.1 Å². The molecule has 3 aromatic rings. The number of carbonyl (C=O) groups excluding carboxylic acids is 3. The summed E-state index contributed by atoms with van der Waals surface area (Å²) in [6.07, 6.45) is 10.3. The van der Waals surface area contributed by atoms with E-state index in [0.29, 0.717) is 42.3 Å². The van der Waals surface area contributed by atoms with Crippen molar-refractivity contribution in [3.63, 3.8) is 0 Å². The van der Waals surface area contributed by atoms with Gasteiger partial charge in [-0.15, -0.1) is 0 Å². The number of carbonyl (C=O) groups is 3. The molecule has 9 heteroatoms. The van der Waals surface area contributed by atoms with Crippen LogP contribution in [0.3, 0.4) is 0 Å². The molecule has 0 radical (unpaired) electrons. The molecule has 44 heavy (non-hydrogen) atoms. The second-order valence-corrected chi connectivity index (χ2v) is 13.0. The molecule has 6 rings (SSSR count). The van der Waals surface area contributed by atoms with E-state index in [1.807, 2.05) is 47.4 Å². The van der Waals surface area contributed by atoms with Crippen LogP contribution >= 0.6 is 11.6 Å². The van der Waals surface area contributed by atoms with Crippen LogP contribution in [0.15, 0.2) is 67.0 Å². The molecule has 2 saturated carbocycles. The Labute approximate surface area is 264 Å². The highest BCUT2D eigenvalue weighted by atomic mass is 35.5. The van der Waals surface area contributed by atoms with Gasteiger partial charge in [0, 0.05) is 59.4 Å². The molecule has 1 saturated heterocycles. The number of amides is 2. The van der Waals surface area contributed by atoms with Gasteiger partial charge >= 0.3 is 0 Å². The van der Waals surface area contributed by atoms with E-state index in [1.54, 1.807) is 18.5 Å². The quantitative estimate of drug-likeness (QED) is 0.280. The summed E-state index contributed by atoms with van der Waals surface area (Å²) in [6.45, 7) is 2.63. The van der Waals surface area contributed by atoms with Gasteiger partial charge in [0.25, 0.3) is 0 Å². The van der Waals surface area contributed by atoms with Gasteiger partial charge in [-0.2, -0.15) is 0 Å². The van der Waals surface area contributed by atoms with Crippen molar-refractivity contribution in [2.45, 2.75) is 88.9 Å². The molecule has 1 aliphatic heterocycles. The highest BCUT2D eigenvalue weighted by Gasteiger charge is 2.46. The molecular weight excluding hydrogens is 574 g/mol. The van der Waals surface area contributed by atoms with Gasteiger partial charge in [0.2, 0.25) is 17.8 Å². The monoisotopic (exact) mass is 613 g/mol. The van der Waals surface area contributed by atoms with Crippen LogP contribution in [0.1, 0.15) is 85.7 Å². The van der Waals surface area contributed by atoms with Gasteiger partial charge in [0.15, 0.2) is 5.78 Å². The normalized spacial score (nSPS) is 26.9. The standard InChI is InChI=1S/C35H40ClN5O3/c1-22-19-30(34(44)41(22)31-12-3-2-9-27(31)25-7-4-8-26(36)20-25)40-33(43)29-11-5-10-28(29)32(42)24-15-13-23(14-16-24)21-39-35-37-17-6-18-38-35/h4,6-8,13-18,20,22,27-31H,2-3,5,9-12,19,21H2,1H3,(H,40,43)(H,37,38,39)/t22?,27?,28?,29?,30-,31+/m0/s1. The summed E-state index contributed by atoms with van der Waals surface area (Å²) < 4.78 is 0. The molecule has 2 amide bonds. The molecule has 1 aromatic heterocycles. The van der Waals surface area contributed by atoms with Gasteiger partial charge in [0.1, 0.15) is 6.04 Å². The summed E-state index contributed by atoms with van der Waals surface area (Å²) in [5, 5.41) is 6.97. The van der Waals surface area contributed by atoms with Crippen LogP contribution in [0, 0.1) is 11.8 Å². The van der Waals surface area contributed by atoms with Crippen molar-refractivity contribution in [1.29, 1.82) is 0 Å². The number of aromatic nitrogens is 2. The second-order valence-electron chi connectivity index (χ2n) is 12.5. The maximum Gasteiger partial charge on any atom is 0.245 e. The summed E-state index contributed by atoms with van der Waals surface area (Å²) in [7, 11) is 0. The summed E-state index contributed by atoms with van der Waals surface area (Å²) in [5.41, 5.74) is 2.79. The number of nitrogens with one attached hydrogen (secondary N) is 2. The van der Waals surface area contributed by atoms with E-state index in [0.717, 1.165) is 37.7 Å². The summed E-state index contributed by atoms with van der Waals surface area (Å²) in [6, 6.07) is 16.8. The highest BCUT2D eigenvalue weighted by molar-refractivity contribution is 6.30. The van der Waals surface area contributed by atoms with E-state index in [9.17, 15) is 14.4 Å². The molecule has 3 aliphatic rings. The molecule has 4 unspecified atom stereocenters. The van der Waals surface area contributed by atoms with Crippen LogP contribution in [0.5, 0.6) is 0 Å². The number of benzene rings is 2. The Bertz CT molecular complexity index is 1480. The number of hydrogen-bond acceptors (Lipinski definition) is 6. The van der Waals surface area contributed by atoms with Crippen LogP contribution < -0.4 is 10.6 Å². The summed E-state index contributed by atoms with van der Waals surface area (Å²) >= 11 is 6.33. The molecule has 2 aromatic carbocycles. The molecule has 0 spiro atoms. The first-order valence-electron chi connectivity index (χ1n) is 15.9. The number of nitrogens with zero attached hydrogens (tertiary/aromatic N) is 3. The molecule has 2 aliphatic carbocycles. The van der Waals surface area contributed by atoms with Crippen LogP contribution in [0.4, 0.5) is 5.95 Å². The highest BCUT2D eigenvalue weighted by Crippen LogP contribution is 2.40. The van der Waals surface area contributed by atoms with Gasteiger partial charge in [-0.25, -0.2) is 9.97 Å². The molecule has 2 N–H and O–H groups in total. The molecular formula is C35H40ClN5O3. The molecule has 3 fully saturated rings. The minimum atomic E-state index is -0.559. The minimum absolute atomic E-state index is 0.00393. The summed E-state index contributed by atoms with van der Waals surface area (Å²) in [4.78, 5) is 51.4. The zero-order chi connectivity index (χ0) is 30.6. The lowest BCUT2D eigenvalue weighted by Crippen LogP contribution is -2.49. The van der Waals surface area contributed by atoms with Crippen molar-refractivity contribution in [3.8, 4) is 0 Å². The first-order valence-corrected chi connectivity index (χ1v) is 16.3. The zero-order valence-corrected chi connectivity index (χ0v) is 25.9. The Morgan fingerprint density at radius 3 is 2.45 bits per heavy atom. The third-order valence-corrected chi connectivity index (χ3v) is 9.96. The van der Waals surface area contributed by atoms with Crippen molar-refractivity contribution >= 4 is 35.1 Å². The van der Waals surface area contributed by atoms with Crippen LogP contribution in [0.2, 0.25) is 5.02 Å². The third-order valence-electron chi connectivity index (χ3n) is 9.73. The van der Waals surface area contributed by atoms with Crippen molar-refractivity contribution < 1.29 is 14.4 Å². The maximum absolute atomic E-state index is 13.8. The lowest BCUT2D eigenvalue weighted by atomic mass is 9.79. The Morgan fingerprint density at radius 2 is 1.68 bits per heavy atom. The van der Waals surface area contributed by atoms with E-state index >= 15 is 0 Å².